The van der Waals surface area contributed by atoms with Gasteiger partial charge in [-0.3, -0.25) is 14.2 Å². The SMILES string of the molecule is CNS(=O)(=O)N(CC(F)(F)F)c1cccc(Oc2c(C(=O)NC3CC3)c(Nc3ccc(I)cc3F)n(C)c(=O)c2C)c1Cl. The lowest BCUT2D eigenvalue weighted by Gasteiger charge is -2.26. The Labute approximate surface area is 262 Å². The smallest absolute Gasteiger partial charge is 0.407 e. The van der Waals surface area contributed by atoms with E-state index in [1.54, 1.807) is 6.07 Å². The van der Waals surface area contributed by atoms with Gasteiger partial charge in [0.1, 0.15) is 34.5 Å². The highest BCUT2D eigenvalue weighted by molar-refractivity contribution is 14.1. The lowest BCUT2D eigenvalue weighted by molar-refractivity contribution is -0.117. The first-order valence-corrected chi connectivity index (χ1v) is 15.4. The van der Waals surface area contributed by atoms with Gasteiger partial charge in [-0.1, -0.05) is 17.7 Å². The molecule has 1 aromatic heterocycles. The fraction of sp³-hybridized carbons (Fsp3) is 0.308. The number of nitrogens with one attached hydrogen (secondary N) is 3. The molecule has 1 aliphatic carbocycles. The molecule has 1 saturated carbocycles. The summed E-state index contributed by atoms with van der Waals surface area (Å²) in [6.45, 7) is -0.547. The van der Waals surface area contributed by atoms with Crippen LogP contribution in [0, 0.1) is 16.3 Å². The average Bonchev–Trinajstić information content (AvgIpc) is 3.74. The standard InChI is InChI=1S/C26H25ClF4IN5O5S/c1-13-22(42-19-6-4-5-18(21(19)27)37(12-26(29,30)31)43(40,41)33-2)20(24(38)34-15-8-9-15)23(36(3)25(13)39)35-17-10-7-14(32)11-16(17)28/h4-7,10-11,15,33,35H,8-9,12H2,1-3H3,(H,34,38). The molecule has 0 spiro atoms. The maximum Gasteiger partial charge on any atom is 0.407 e. The van der Waals surface area contributed by atoms with E-state index in [2.05, 4.69) is 10.6 Å². The molecule has 2 aromatic carbocycles. The number of carbonyl (C=O) groups excluding carboxylic acids is 1. The summed E-state index contributed by atoms with van der Waals surface area (Å²) in [5.74, 6) is -2.13. The van der Waals surface area contributed by atoms with Crippen LogP contribution in [0.1, 0.15) is 28.8 Å². The van der Waals surface area contributed by atoms with Gasteiger partial charge in [0.25, 0.3) is 11.5 Å². The third-order valence-corrected chi connectivity index (χ3v) is 8.86. The number of amides is 1. The Morgan fingerprint density at radius 3 is 2.49 bits per heavy atom. The van der Waals surface area contributed by atoms with Crippen molar-refractivity contribution in [2.75, 3.05) is 23.2 Å². The molecule has 1 aliphatic rings. The number of pyridine rings is 1. The average molecular weight is 758 g/mol. The Bertz CT molecular complexity index is 1750. The zero-order valence-electron chi connectivity index (χ0n) is 22.8. The van der Waals surface area contributed by atoms with Crippen LogP contribution in [0.5, 0.6) is 11.5 Å². The van der Waals surface area contributed by atoms with Gasteiger partial charge >= 0.3 is 16.4 Å². The van der Waals surface area contributed by atoms with Crippen LogP contribution in [0.3, 0.4) is 0 Å². The van der Waals surface area contributed by atoms with Crippen molar-refractivity contribution in [3.05, 3.63) is 72.3 Å². The highest BCUT2D eigenvalue weighted by Crippen LogP contribution is 2.42. The fourth-order valence-corrected chi connectivity index (χ4v) is 5.77. The van der Waals surface area contributed by atoms with Crippen molar-refractivity contribution in [3.63, 3.8) is 0 Å². The van der Waals surface area contributed by atoms with Gasteiger partial charge in [-0.15, -0.1) is 0 Å². The van der Waals surface area contributed by atoms with E-state index in [9.17, 15) is 35.6 Å². The number of ether oxygens (including phenoxy) is 1. The first-order chi connectivity index (χ1) is 20.0. The maximum absolute atomic E-state index is 14.8. The molecule has 232 valence electrons. The van der Waals surface area contributed by atoms with E-state index in [0.717, 1.165) is 17.7 Å². The van der Waals surface area contributed by atoms with Crippen LogP contribution < -0.4 is 30.0 Å². The summed E-state index contributed by atoms with van der Waals surface area (Å²) < 4.78 is 89.5. The van der Waals surface area contributed by atoms with Gasteiger partial charge in [0.15, 0.2) is 5.75 Å². The highest BCUT2D eigenvalue weighted by atomic mass is 127. The molecule has 0 bridgehead atoms. The zero-order chi connectivity index (χ0) is 31.9. The second-order valence-electron chi connectivity index (χ2n) is 9.56. The molecule has 17 heteroatoms. The third-order valence-electron chi connectivity index (χ3n) is 6.38. The van der Waals surface area contributed by atoms with Crippen LogP contribution in [0.2, 0.25) is 5.02 Å². The van der Waals surface area contributed by atoms with Crippen LogP contribution in [0.25, 0.3) is 0 Å². The van der Waals surface area contributed by atoms with Gasteiger partial charge in [-0.05, 0) is 72.7 Å². The molecule has 0 unspecified atom stereocenters. The van der Waals surface area contributed by atoms with Crippen LogP contribution in [0.15, 0.2) is 41.2 Å². The minimum Gasteiger partial charge on any atom is -0.454 e. The molecule has 10 nitrogen and oxygen atoms in total. The predicted octanol–water partition coefficient (Wildman–Crippen LogP) is 5.35. The molecular weight excluding hydrogens is 733 g/mol. The summed E-state index contributed by atoms with van der Waals surface area (Å²) >= 11 is 8.35. The van der Waals surface area contributed by atoms with Crippen LogP contribution >= 0.6 is 34.2 Å². The van der Waals surface area contributed by atoms with Crippen LogP contribution in [0.4, 0.5) is 34.8 Å². The van der Waals surface area contributed by atoms with Crippen molar-refractivity contribution >= 4 is 67.5 Å². The van der Waals surface area contributed by atoms with Crippen LogP contribution in [-0.2, 0) is 17.3 Å². The number of carbonyl (C=O) groups is 1. The third kappa shape index (κ3) is 7.35. The quantitative estimate of drug-likeness (QED) is 0.190. The lowest BCUT2D eigenvalue weighted by Crippen LogP contribution is -2.44. The summed E-state index contributed by atoms with van der Waals surface area (Å²) in [6.07, 6.45) is -3.51. The number of nitrogens with zero attached hydrogens (tertiary/aromatic N) is 2. The van der Waals surface area contributed by atoms with E-state index in [1.807, 2.05) is 27.3 Å². The van der Waals surface area contributed by atoms with Gasteiger partial charge in [0.2, 0.25) is 0 Å². The number of benzene rings is 2. The van der Waals surface area contributed by atoms with Crippen molar-refractivity contribution < 1.29 is 35.5 Å². The van der Waals surface area contributed by atoms with Gasteiger partial charge in [-0.2, -0.15) is 21.6 Å². The molecule has 0 saturated heterocycles. The molecule has 1 amide bonds. The van der Waals surface area contributed by atoms with Crippen molar-refractivity contribution in [1.82, 2.24) is 14.6 Å². The Kier molecular flexibility index (Phi) is 9.53. The molecule has 1 heterocycles. The molecule has 1 fully saturated rings. The molecule has 0 aliphatic heterocycles. The van der Waals surface area contributed by atoms with Crippen molar-refractivity contribution in [2.24, 2.45) is 7.05 Å². The molecule has 3 aromatic rings. The van der Waals surface area contributed by atoms with Crippen LogP contribution in [-0.4, -0.2) is 44.7 Å². The normalized spacial score (nSPS) is 13.5. The number of alkyl halides is 3. The maximum atomic E-state index is 14.8. The molecule has 0 atom stereocenters. The van der Waals surface area contributed by atoms with E-state index in [-0.39, 0.29) is 44.5 Å². The number of anilines is 3. The summed E-state index contributed by atoms with van der Waals surface area (Å²) in [5.41, 5.74) is -1.55. The molecule has 4 rings (SSSR count). The van der Waals surface area contributed by atoms with Gasteiger partial charge < -0.3 is 15.4 Å². The van der Waals surface area contributed by atoms with Gasteiger partial charge in [0.05, 0.1) is 16.9 Å². The highest BCUT2D eigenvalue weighted by Gasteiger charge is 2.38. The minimum atomic E-state index is -4.94. The minimum absolute atomic E-state index is 0.0202. The van der Waals surface area contributed by atoms with E-state index in [4.69, 9.17) is 16.3 Å². The Morgan fingerprint density at radius 2 is 1.91 bits per heavy atom. The van der Waals surface area contributed by atoms with E-state index >= 15 is 0 Å². The fourth-order valence-electron chi connectivity index (χ4n) is 4.05. The Morgan fingerprint density at radius 1 is 1.23 bits per heavy atom. The van der Waals surface area contributed by atoms with Crippen molar-refractivity contribution in [2.45, 2.75) is 32.0 Å². The number of hydrogen-bond acceptors (Lipinski definition) is 6. The summed E-state index contributed by atoms with van der Waals surface area (Å²) in [6, 6.07) is 7.60. The summed E-state index contributed by atoms with van der Waals surface area (Å²) in [4.78, 5) is 26.9. The Hall–Kier alpha value is -3.09. The topological polar surface area (TPSA) is 122 Å². The molecule has 0 radical (unpaired) electrons. The van der Waals surface area contributed by atoms with Crippen molar-refractivity contribution in [1.29, 1.82) is 0 Å². The first-order valence-electron chi connectivity index (χ1n) is 12.5. The summed E-state index contributed by atoms with van der Waals surface area (Å²) in [7, 11) is -2.39. The first kappa shape index (κ1) is 32.8. The van der Waals surface area contributed by atoms with Gasteiger partial charge in [0, 0.05) is 23.7 Å². The Balaban J connectivity index is 1.90. The second-order valence-corrected chi connectivity index (χ2v) is 13.0. The monoisotopic (exact) mass is 757 g/mol. The van der Waals surface area contributed by atoms with Gasteiger partial charge in [-0.25, -0.2) is 13.4 Å². The molecule has 43 heavy (non-hydrogen) atoms. The number of halogens is 6. The van der Waals surface area contributed by atoms with E-state index < -0.39 is 50.9 Å². The second kappa shape index (κ2) is 12.5. The number of aromatic nitrogens is 1. The molecular formula is C26H25ClF4IN5O5S. The summed E-state index contributed by atoms with van der Waals surface area (Å²) in [5, 5.41) is 5.04. The zero-order valence-corrected chi connectivity index (χ0v) is 26.5. The van der Waals surface area contributed by atoms with E-state index in [0.29, 0.717) is 16.4 Å². The lowest BCUT2D eigenvalue weighted by atomic mass is 10.1. The largest absolute Gasteiger partial charge is 0.454 e. The number of rotatable bonds is 10. The molecule has 3 N–H and O–H groups in total. The van der Waals surface area contributed by atoms with Crippen molar-refractivity contribution in [3.8, 4) is 11.5 Å². The number of hydrogen-bond donors (Lipinski definition) is 3. The predicted molar refractivity (Wildman–Crippen MR) is 162 cm³/mol. The van der Waals surface area contributed by atoms with E-state index in [1.165, 1.54) is 38.2 Å².